The van der Waals surface area contributed by atoms with Crippen LogP contribution in [0, 0.1) is 11.3 Å². The highest BCUT2D eigenvalue weighted by Gasteiger charge is 2.24. The monoisotopic (exact) mass is 233 g/mol. The molecule has 1 atom stereocenters. The first-order valence-corrected chi connectivity index (χ1v) is 6.60. The van der Waals surface area contributed by atoms with Crippen LogP contribution < -0.4 is 5.32 Å². The van der Waals surface area contributed by atoms with Gasteiger partial charge >= 0.3 is 0 Å². The maximum Gasteiger partial charge on any atom is 0.0366 e. The summed E-state index contributed by atoms with van der Waals surface area (Å²) in [5.41, 5.74) is 3.06. The number of benzene rings is 1. The molecule has 0 saturated heterocycles. The van der Waals surface area contributed by atoms with Crippen molar-refractivity contribution >= 4 is 0 Å². The van der Waals surface area contributed by atoms with Crippen LogP contribution in [0.15, 0.2) is 24.3 Å². The molecule has 0 spiro atoms. The molecular formula is C16H27N. The van der Waals surface area contributed by atoms with E-state index in [9.17, 15) is 0 Å². The molecule has 1 unspecified atom stereocenters. The minimum absolute atomic E-state index is 0.244. The Morgan fingerprint density at radius 1 is 1.06 bits per heavy atom. The van der Waals surface area contributed by atoms with Crippen molar-refractivity contribution in [3.63, 3.8) is 0 Å². The molecule has 0 aliphatic rings. The summed E-state index contributed by atoms with van der Waals surface area (Å²) in [7, 11) is 2.04. The summed E-state index contributed by atoms with van der Waals surface area (Å²) in [4.78, 5) is 0. The van der Waals surface area contributed by atoms with Crippen LogP contribution in [0.1, 0.15) is 51.8 Å². The van der Waals surface area contributed by atoms with Crippen LogP contribution in [0.3, 0.4) is 0 Å². The van der Waals surface area contributed by atoms with E-state index in [-0.39, 0.29) is 5.41 Å². The van der Waals surface area contributed by atoms with Crippen LogP contribution in [0.5, 0.6) is 0 Å². The summed E-state index contributed by atoms with van der Waals surface area (Å²) in [6.07, 6.45) is 1.17. The molecule has 0 saturated carbocycles. The van der Waals surface area contributed by atoms with E-state index in [4.69, 9.17) is 0 Å². The Morgan fingerprint density at radius 3 is 1.94 bits per heavy atom. The molecule has 0 heterocycles. The Balaban J connectivity index is 2.86. The third kappa shape index (κ3) is 4.16. The normalized spacial score (nSPS) is 14.1. The van der Waals surface area contributed by atoms with Gasteiger partial charge in [-0.25, -0.2) is 0 Å². The summed E-state index contributed by atoms with van der Waals surface area (Å²) in [5, 5.41) is 3.42. The average Bonchev–Trinajstić information content (AvgIpc) is 2.18. The van der Waals surface area contributed by atoms with Gasteiger partial charge in [0, 0.05) is 6.04 Å². The predicted molar refractivity (Wildman–Crippen MR) is 76.2 cm³/mol. The Labute approximate surface area is 107 Å². The number of rotatable bonds is 4. The van der Waals surface area contributed by atoms with Gasteiger partial charge in [0.25, 0.3) is 0 Å². The summed E-state index contributed by atoms with van der Waals surface area (Å²) < 4.78 is 0. The minimum atomic E-state index is 0.244. The molecule has 0 bridgehead atoms. The summed E-state index contributed by atoms with van der Waals surface area (Å²) in [5.74, 6) is 0.726. The molecule has 1 rings (SSSR count). The molecule has 0 radical (unpaired) electrons. The minimum Gasteiger partial charge on any atom is -0.313 e. The summed E-state index contributed by atoms with van der Waals surface area (Å²) in [6.45, 7) is 11.3. The number of hydrogen-bond donors (Lipinski definition) is 1. The average molecular weight is 233 g/mol. The molecule has 1 aromatic rings. The van der Waals surface area contributed by atoms with Crippen molar-refractivity contribution in [1.82, 2.24) is 5.32 Å². The van der Waals surface area contributed by atoms with Gasteiger partial charge in [-0.05, 0) is 35.9 Å². The Bertz CT molecular complexity index is 330. The van der Waals surface area contributed by atoms with Gasteiger partial charge in [-0.15, -0.1) is 0 Å². The first-order chi connectivity index (χ1) is 7.84. The first-order valence-electron chi connectivity index (χ1n) is 6.60. The van der Waals surface area contributed by atoms with E-state index in [1.165, 1.54) is 17.5 Å². The zero-order valence-electron chi connectivity index (χ0n) is 12.2. The third-order valence-electron chi connectivity index (χ3n) is 3.11. The third-order valence-corrected chi connectivity index (χ3v) is 3.11. The second-order valence-electron chi connectivity index (χ2n) is 6.43. The summed E-state index contributed by atoms with van der Waals surface area (Å²) >= 11 is 0. The van der Waals surface area contributed by atoms with Gasteiger partial charge in [0.15, 0.2) is 0 Å². The van der Waals surface area contributed by atoms with Crippen molar-refractivity contribution in [2.45, 2.75) is 47.1 Å². The van der Waals surface area contributed by atoms with Gasteiger partial charge in [-0.2, -0.15) is 0 Å². The molecule has 0 amide bonds. The lowest BCUT2D eigenvalue weighted by Gasteiger charge is -2.31. The van der Waals surface area contributed by atoms with Crippen LogP contribution in [0.4, 0.5) is 0 Å². The second-order valence-corrected chi connectivity index (χ2v) is 6.43. The summed E-state index contributed by atoms with van der Waals surface area (Å²) in [6, 6.07) is 9.49. The molecule has 17 heavy (non-hydrogen) atoms. The van der Waals surface area contributed by atoms with Crippen LogP contribution in [0.2, 0.25) is 0 Å². The van der Waals surface area contributed by atoms with Crippen LogP contribution >= 0.6 is 0 Å². The van der Waals surface area contributed by atoms with Crippen molar-refractivity contribution in [2.75, 3.05) is 7.05 Å². The largest absolute Gasteiger partial charge is 0.313 e. The molecule has 96 valence electrons. The fourth-order valence-electron chi connectivity index (χ4n) is 2.42. The van der Waals surface area contributed by atoms with Gasteiger partial charge in [-0.3, -0.25) is 0 Å². The highest BCUT2D eigenvalue weighted by molar-refractivity contribution is 5.26. The molecule has 1 heteroatoms. The van der Waals surface area contributed by atoms with Gasteiger partial charge in [0.05, 0.1) is 0 Å². The van der Waals surface area contributed by atoms with E-state index in [2.05, 4.69) is 64.2 Å². The van der Waals surface area contributed by atoms with Crippen molar-refractivity contribution < 1.29 is 0 Å². The standard InChI is InChI=1S/C16H27N/c1-12(2)11-13-7-9-14(10-8-13)15(17-6)16(3,4)5/h7-10,12,15,17H,11H2,1-6H3. The van der Waals surface area contributed by atoms with Crippen LogP contribution in [0.25, 0.3) is 0 Å². The molecule has 0 fully saturated rings. The molecule has 1 nitrogen and oxygen atoms in total. The predicted octanol–water partition coefficient (Wildman–Crippen LogP) is 4.19. The fraction of sp³-hybridized carbons (Fsp3) is 0.625. The number of hydrogen-bond acceptors (Lipinski definition) is 1. The Morgan fingerprint density at radius 2 is 1.59 bits per heavy atom. The molecule has 0 aliphatic carbocycles. The molecule has 0 aliphatic heterocycles. The maximum absolute atomic E-state index is 3.42. The van der Waals surface area contributed by atoms with E-state index in [0.717, 1.165) is 5.92 Å². The van der Waals surface area contributed by atoms with E-state index in [1.54, 1.807) is 0 Å². The Kier molecular flexibility index (Phi) is 4.76. The molecule has 1 aromatic carbocycles. The van der Waals surface area contributed by atoms with Crippen molar-refractivity contribution in [3.8, 4) is 0 Å². The van der Waals surface area contributed by atoms with E-state index >= 15 is 0 Å². The molecule has 0 aromatic heterocycles. The van der Waals surface area contributed by atoms with Crippen LogP contribution in [-0.2, 0) is 6.42 Å². The zero-order chi connectivity index (χ0) is 13.1. The smallest absolute Gasteiger partial charge is 0.0366 e. The quantitative estimate of drug-likeness (QED) is 0.822. The van der Waals surface area contributed by atoms with Crippen molar-refractivity contribution in [1.29, 1.82) is 0 Å². The van der Waals surface area contributed by atoms with E-state index in [0.29, 0.717) is 6.04 Å². The van der Waals surface area contributed by atoms with Crippen molar-refractivity contribution in [3.05, 3.63) is 35.4 Å². The van der Waals surface area contributed by atoms with Gasteiger partial charge < -0.3 is 5.32 Å². The lowest BCUT2D eigenvalue weighted by Crippen LogP contribution is -2.29. The fourth-order valence-corrected chi connectivity index (χ4v) is 2.42. The van der Waals surface area contributed by atoms with Gasteiger partial charge in [-0.1, -0.05) is 58.9 Å². The van der Waals surface area contributed by atoms with E-state index in [1.807, 2.05) is 7.05 Å². The molecular weight excluding hydrogens is 206 g/mol. The maximum atomic E-state index is 3.42. The topological polar surface area (TPSA) is 12.0 Å². The van der Waals surface area contributed by atoms with E-state index < -0.39 is 0 Å². The van der Waals surface area contributed by atoms with Gasteiger partial charge in [0.1, 0.15) is 0 Å². The Hall–Kier alpha value is -0.820. The highest BCUT2D eigenvalue weighted by Crippen LogP contribution is 2.32. The second kappa shape index (κ2) is 5.68. The lowest BCUT2D eigenvalue weighted by atomic mass is 9.82. The zero-order valence-corrected chi connectivity index (χ0v) is 12.2. The number of nitrogens with one attached hydrogen (secondary N) is 1. The van der Waals surface area contributed by atoms with Gasteiger partial charge in [0.2, 0.25) is 0 Å². The lowest BCUT2D eigenvalue weighted by molar-refractivity contribution is 0.287. The molecule has 1 N–H and O–H groups in total. The first kappa shape index (κ1) is 14.2. The van der Waals surface area contributed by atoms with Crippen LogP contribution in [-0.4, -0.2) is 7.05 Å². The SMILES string of the molecule is CNC(c1ccc(CC(C)C)cc1)C(C)(C)C. The van der Waals surface area contributed by atoms with Crippen molar-refractivity contribution in [2.24, 2.45) is 11.3 Å². The highest BCUT2D eigenvalue weighted by atomic mass is 14.9.